The first-order valence-electron chi connectivity index (χ1n) is 7.71. The van der Waals surface area contributed by atoms with Crippen LogP contribution in [-0.2, 0) is 0 Å². The van der Waals surface area contributed by atoms with Gasteiger partial charge in [0.05, 0.1) is 11.9 Å². The van der Waals surface area contributed by atoms with E-state index in [0.717, 1.165) is 33.2 Å². The molecule has 0 aliphatic heterocycles. The Bertz CT molecular complexity index is 887. The van der Waals surface area contributed by atoms with Gasteiger partial charge in [0, 0.05) is 22.9 Å². The van der Waals surface area contributed by atoms with Crippen LogP contribution >= 0.6 is 0 Å². The molecule has 1 amide bonds. The molecule has 0 bridgehead atoms. The molecule has 0 unspecified atom stereocenters. The molecule has 116 valence electrons. The molecule has 2 aromatic carbocycles. The number of rotatable bonds is 3. The maximum absolute atomic E-state index is 12.1. The van der Waals surface area contributed by atoms with Crippen molar-refractivity contribution >= 4 is 16.7 Å². The van der Waals surface area contributed by atoms with Gasteiger partial charge in [-0.25, -0.2) is 0 Å². The number of hydrogen-bond acceptors (Lipinski definition) is 3. The van der Waals surface area contributed by atoms with Crippen LogP contribution in [-0.4, -0.2) is 22.6 Å². The Morgan fingerprint density at radius 2 is 1.96 bits per heavy atom. The second-order valence-electron chi connectivity index (χ2n) is 5.62. The van der Waals surface area contributed by atoms with Crippen LogP contribution in [0.3, 0.4) is 0 Å². The van der Waals surface area contributed by atoms with Crippen LogP contribution < -0.4 is 5.32 Å². The number of nitrogens with one attached hydrogen (secondary N) is 1. The molecule has 0 spiro atoms. The van der Waals surface area contributed by atoms with Crippen LogP contribution in [0.4, 0.5) is 0 Å². The van der Waals surface area contributed by atoms with Crippen LogP contribution in [0.15, 0.2) is 42.6 Å². The van der Waals surface area contributed by atoms with Crippen LogP contribution in [0, 0.1) is 13.8 Å². The molecule has 23 heavy (non-hydrogen) atoms. The smallest absolute Gasteiger partial charge is 0.251 e. The van der Waals surface area contributed by atoms with Crippen molar-refractivity contribution in [2.24, 2.45) is 0 Å². The van der Waals surface area contributed by atoms with E-state index in [1.54, 1.807) is 6.20 Å². The van der Waals surface area contributed by atoms with E-state index in [1.165, 1.54) is 0 Å². The minimum absolute atomic E-state index is 0.0451. The van der Waals surface area contributed by atoms with E-state index in [4.69, 9.17) is 0 Å². The number of nitrogens with zero attached hydrogens (tertiary/aromatic N) is 2. The summed E-state index contributed by atoms with van der Waals surface area (Å²) in [5, 5.41) is 13.1. The van der Waals surface area contributed by atoms with Crippen molar-refractivity contribution in [1.82, 2.24) is 15.5 Å². The van der Waals surface area contributed by atoms with Crippen LogP contribution in [0.1, 0.15) is 28.5 Å². The Hall–Kier alpha value is -2.75. The van der Waals surface area contributed by atoms with E-state index in [9.17, 15) is 4.79 Å². The maximum atomic E-state index is 12.1. The molecule has 0 atom stereocenters. The van der Waals surface area contributed by atoms with Crippen molar-refractivity contribution in [3.05, 3.63) is 59.4 Å². The third-order valence-electron chi connectivity index (χ3n) is 3.99. The fourth-order valence-corrected chi connectivity index (χ4v) is 2.73. The SMILES string of the molecule is CCNC(=O)c1ccc(C)c(-c2ccc3c(C)nncc3c2)c1. The van der Waals surface area contributed by atoms with E-state index in [-0.39, 0.29) is 5.91 Å². The Labute approximate surface area is 135 Å². The standard InChI is InChI=1S/C19H19N3O/c1-4-20-19(23)15-6-5-12(2)18(10-15)14-7-8-17-13(3)22-21-11-16(17)9-14/h5-11H,4H2,1-3H3,(H,20,23). The molecule has 1 N–H and O–H groups in total. The molecule has 0 fully saturated rings. The van der Waals surface area contributed by atoms with Gasteiger partial charge in [0.2, 0.25) is 0 Å². The second-order valence-corrected chi connectivity index (χ2v) is 5.62. The van der Waals surface area contributed by atoms with Gasteiger partial charge in [0.1, 0.15) is 0 Å². The van der Waals surface area contributed by atoms with Crippen molar-refractivity contribution in [3.63, 3.8) is 0 Å². The monoisotopic (exact) mass is 305 g/mol. The zero-order chi connectivity index (χ0) is 16.4. The molecule has 0 aliphatic carbocycles. The van der Waals surface area contributed by atoms with Gasteiger partial charge >= 0.3 is 0 Å². The fraction of sp³-hybridized carbons (Fsp3) is 0.211. The molecular formula is C19H19N3O. The highest BCUT2D eigenvalue weighted by molar-refractivity contribution is 5.96. The number of amides is 1. The third-order valence-corrected chi connectivity index (χ3v) is 3.99. The quantitative estimate of drug-likeness (QED) is 0.803. The number of carbonyl (C=O) groups excluding carboxylic acids is 1. The number of aromatic nitrogens is 2. The lowest BCUT2D eigenvalue weighted by Crippen LogP contribution is -2.22. The summed E-state index contributed by atoms with van der Waals surface area (Å²) in [7, 11) is 0. The van der Waals surface area contributed by atoms with Gasteiger partial charge in [-0.2, -0.15) is 10.2 Å². The Morgan fingerprint density at radius 3 is 2.74 bits per heavy atom. The van der Waals surface area contributed by atoms with Crippen LogP contribution in [0.2, 0.25) is 0 Å². The lowest BCUT2D eigenvalue weighted by Gasteiger charge is -2.10. The molecule has 0 aliphatic rings. The normalized spacial score (nSPS) is 10.7. The predicted molar refractivity (Wildman–Crippen MR) is 92.5 cm³/mol. The molecule has 0 saturated heterocycles. The zero-order valence-corrected chi connectivity index (χ0v) is 13.6. The first-order valence-corrected chi connectivity index (χ1v) is 7.71. The maximum Gasteiger partial charge on any atom is 0.251 e. The summed E-state index contributed by atoms with van der Waals surface area (Å²) < 4.78 is 0. The molecule has 1 heterocycles. The molecule has 4 nitrogen and oxygen atoms in total. The van der Waals surface area contributed by atoms with Gasteiger partial charge in [-0.15, -0.1) is 0 Å². The summed E-state index contributed by atoms with van der Waals surface area (Å²) in [6.45, 7) is 6.54. The number of benzene rings is 2. The van der Waals surface area contributed by atoms with Crippen LogP contribution in [0.25, 0.3) is 21.9 Å². The molecule has 3 aromatic rings. The van der Waals surface area contributed by atoms with Gasteiger partial charge in [-0.3, -0.25) is 4.79 Å². The lowest BCUT2D eigenvalue weighted by molar-refractivity contribution is 0.0956. The number of hydrogen-bond donors (Lipinski definition) is 1. The average molecular weight is 305 g/mol. The largest absolute Gasteiger partial charge is 0.352 e. The summed E-state index contributed by atoms with van der Waals surface area (Å²) in [6.07, 6.45) is 1.77. The minimum atomic E-state index is -0.0451. The Morgan fingerprint density at radius 1 is 1.13 bits per heavy atom. The van der Waals surface area contributed by atoms with Crippen LogP contribution in [0.5, 0.6) is 0 Å². The van der Waals surface area contributed by atoms with Crippen molar-refractivity contribution < 1.29 is 4.79 Å². The van der Waals surface area contributed by atoms with E-state index >= 15 is 0 Å². The van der Waals surface area contributed by atoms with Crippen molar-refractivity contribution in [2.45, 2.75) is 20.8 Å². The van der Waals surface area contributed by atoms with Gasteiger partial charge in [0.15, 0.2) is 0 Å². The number of carbonyl (C=O) groups is 1. The summed E-state index contributed by atoms with van der Waals surface area (Å²) in [5.74, 6) is -0.0451. The highest BCUT2D eigenvalue weighted by Crippen LogP contribution is 2.28. The lowest BCUT2D eigenvalue weighted by atomic mass is 9.96. The van der Waals surface area contributed by atoms with Crippen molar-refractivity contribution in [3.8, 4) is 11.1 Å². The summed E-state index contributed by atoms with van der Waals surface area (Å²) in [4.78, 5) is 12.1. The van der Waals surface area contributed by atoms with E-state index in [2.05, 4.69) is 40.6 Å². The average Bonchev–Trinajstić information content (AvgIpc) is 2.55. The minimum Gasteiger partial charge on any atom is -0.352 e. The first kappa shape index (κ1) is 15.2. The fourth-order valence-electron chi connectivity index (χ4n) is 2.73. The topological polar surface area (TPSA) is 54.9 Å². The highest BCUT2D eigenvalue weighted by atomic mass is 16.1. The van der Waals surface area contributed by atoms with Gasteiger partial charge in [-0.05, 0) is 55.7 Å². The summed E-state index contributed by atoms with van der Waals surface area (Å²) >= 11 is 0. The molecule has 1 aromatic heterocycles. The zero-order valence-electron chi connectivity index (χ0n) is 13.6. The predicted octanol–water partition coefficient (Wildman–Crippen LogP) is 3.66. The highest BCUT2D eigenvalue weighted by Gasteiger charge is 2.10. The third kappa shape index (κ3) is 2.93. The molecule has 0 radical (unpaired) electrons. The van der Waals surface area contributed by atoms with Gasteiger partial charge in [0.25, 0.3) is 5.91 Å². The Balaban J connectivity index is 2.10. The second kappa shape index (κ2) is 6.16. The number of aryl methyl sites for hydroxylation is 2. The molecule has 4 heteroatoms. The van der Waals surface area contributed by atoms with Crippen molar-refractivity contribution in [2.75, 3.05) is 6.54 Å². The van der Waals surface area contributed by atoms with E-state index in [0.29, 0.717) is 12.1 Å². The summed E-state index contributed by atoms with van der Waals surface area (Å²) in [5.41, 5.74) is 4.87. The number of fused-ring (bicyclic) bond motifs is 1. The van der Waals surface area contributed by atoms with Gasteiger partial charge in [-0.1, -0.05) is 18.2 Å². The molecule has 0 saturated carbocycles. The van der Waals surface area contributed by atoms with E-state index in [1.807, 2.05) is 32.0 Å². The van der Waals surface area contributed by atoms with Crippen molar-refractivity contribution in [1.29, 1.82) is 0 Å². The molecular weight excluding hydrogens is 286 g/mol. The molecule has 3 rings (SSSR count). The first-order chi connectivity index (χ1) is 11.1. The van der Waals surface area contributed by atoms with E-state index < -0.39 is 0 Å². The Kier molecular flexibility index (Phi) is 4.06. The van der Waals surface area contributed by atoms with Gasteiger partial charge < -0.3 is 5.32 Å². The summed E-state index contributed by atoms with van der Waals surface area (Å²) in [6, 6.07) is 12.0.